The lowest BCUT2D eigenvalue weighted by Crippen LogP contribution is -2.35. The van der Waals surface area contributed by atoms with Crippen LogP contribution >= 0.6 is 12.5 Å². The lowest BCUT2D eigenvalue weighted by Gasteiger charge is -2.34. The van der Waals surface area contributed by atoms with Crippen LogP contribution in [0.2, 0.25) is 5.31 Å². The molecule has 0 aliphatic carbocycles. The summed E-state index contributed by atoms with van der Waals surface area (Å²) < 4.78 is 0. The maximum absolute atomic E-state index is 12.2. The monoisotopic (exact) mass is 266 g/mol. The van der Waals surface area contributed by atoms with Crippen LogP contribution < -0.4 is 0 Å². The Hall–Kier alpha value is -0.765. The summed E-state index contributed by atoms with van der Waals surface area (Å²) in [4.78, 5) is 24.3. The summed E-state index contributed by atoms with van der Waals surface area (Å²) in [7, 11) is 0. The van der Waals surface area contributed by atoms with E-state index in [-0.39, 0.29) is 11.6 Å². The normalized spacial score (nSPS) is 14.6. The summed E-state index contributed by atoms with van der Waals surface area (Å²) in [6.07, 6.45) is 0.445. The molecule has 1 unspecified atom stereocenters. The van der Waals surface area contributed by atoms with Crippen LogP contribution in [0.3, 0.4) is 0 Å². The SMILES string of the molecule is C=C(C)C(=O)C(C)(C)CC(C)(BS)C(=O)C(=C)C. The first kappa shape index (κ1) is 17.2. The predicted octanol–water partition coefficient (Wildman–Crippen LogP) is 3.15. The third-order valence-electron chi connectivity index (χ3n) is 3.12. The topological polar surface area (TPSA) is 34.1 Å². The summed E-state index contributed by atoms with van der Waals surface area (Å²) in [6, 6.07) is 0. The maximum Gasteiger partial charge on any atom is 0.202 e. The Morgan fingerprint density at radius 2 is 1.44 bits per heavy atom. The van der Waals surface area contributed by atoms with E-state index < -0.39 is 10.7 Å². The van der Waals surface area contributed by atoms with E-state index in [9.17, 15) is 9.59 Å². The first-order valence-electron chi connectivity index (χ1n) is 5.99. The fourth-order valence-corrected chi connectivity index (χ4v) is 2.61. The molecule has 0 radical (unpaired) electrons. The van der Waals surface area contributed by atoms with Crippen molar-refractivity contribution in [3.8, 4) is 0 Å². The number of hydrogen-bond acceptors (Lipinski definition) is 3. The van der Waals surface area contributed by atoms with Gasteiger partial charge in [0.25, 0.3) is 0 Å². The van der Waals surface area contributed by atoms with Crippen molar-refractivity contribution >= 4 is 30.6 Å². The summed E-state index contributed by atoms with van der Waals surface area (Å²) in [6.45, 7) is 16.7. The quantitative estimate of drug-likeness (QED) is 0.436. The van der Waals surface area contributed by atoms with Gasteiger partial charge >= 0.3 is 0 Å². The van der Waals surface area contributed by atoms with Crippen molar-refractivity contribution in [3.05, 3.63) is 24.3 Å². The van der Waals surface area contributed by atoms with Gasteiger partial charge in [0.2, 0.25) is 6.56 Å². The lowest BCUT2D eigenvalue weighted by molar-refractivity contribution is -0.125. The van der Waals surface area contributed by atoms with Crippen LogP contribution in [-0.2, 0) is 9.59 Å². The number of carbonyl (C=O) groups excluding carboxylic acids is 2. The Bertz CT molecular complexity index is 399. The van der Waals surface area contributed by atoms with Gasteiger partial charge in [-0.1, -0.05) is 33.9 Å². The van der Waals surface area contributed by atoms with Crippen LogP contribution in [0.15, 0.2) is 24.3 Å². The second kappa shape index (κ2) is 5.92. The van der Waals surface area contributed by atoms with Gasteiger partial charge in [-0.25, -0.2) is 12.5 Å². The Balaban J connectivity index is 5.26. The Morgan fingerprint density at radius 1 is 1.06 bits per heavy atom. The number of ketones is 2. The molecule has 0 rings (SSSR count). The van der Waals surface area contributed by atoms with Gasteiger partial charge in [-0.2, -0.15) is 0 Å². The molecule has 0 saturated heterocycles. The molecule has 0 heterocycles. The Kier molecular flexibility index (Phi) is 5.67. The predicted molar refractivity (Wildman–Crippen MR) is 82.5 cm³/mol. The average Bonchev–Trinajstić information content (AvgIpc) is 2.25. The second-order valence-electron chi connectivity index (χ2n) is 6.00. The van der Waals surface area contributed by atoms with Crippen molar-refractivity contribution in [2.45, 2.75) is 46.4 Å². The molecule has 0 aromatic heterocycles. The Labute approximate surface area is 116 Å². The largest absolute Gasteiger partial charge is 0.295 e. The average molecular weight is 266 g/mol. The van der Waals surface area contributed by atoms with Gasteiger partial charge in [-0.15, -0.1) is 0 Å². The molecule has 4 heteroatoms. The minimum absolute atomic E-state index is 0.00924. The summed E-state index contributed by atoms with van der Waals surface area (Å²) in [5.74, 6) is -0.0369. The van der Waals surface area contributed by atoms with Gasteiger partial charge < -0.3 is 0 Å². The number of rotatable bonds is 7. The van der Waals surface area contributed by atoms with Crippen LogP contribution in [0.4, 0.5) is 0 Å². The summed E-state index contributed by atoms with van der Waals surface area (Å²) in [5, 5.41) is -0.663. The molecule has 1 atom stereocenters. The van der Waals surface area contributed by atoms with E-state index >= 15 is 0 Å². The van der Waals surface area contributed by atoms with E-state index in [1.54, 1.807) is 13.8 Å². The van der Waals surface area contributed by atoms with E-state index in [2.05, 4.69) is 25.6 Å². The van der Waals surface area contributed by atoms with Crippen molar-refractivity contribution in [3.63, 3.8) is 0 Å². The third-order valence-corrected chi connectivity index (χ3v) is 3.82. The molecule has 2 nitrogen and oxygen atoms in total. The molecule has 18 heavy (non-hydrogen) atoms. The van der Waals surface area contributed by atoms with E-state index in [4.69, 9.17) is 0 Å². The molecule has 100 valence electrons. The maximum atomic E-state index is 12.2. The van der Waals surface area contributed by atoms with Crippen molar-refractivity contribution in [1.29, 1.82) is 0 Å². The van der Waals surface area contributed by atoms with Crippen LogP contribution in [0, 0.1) is 5.41 Å². The summed E-state index contributed by atoms with van der Waals surface area (Å²) in [5.41, 5.74) is 0.406. The van der Waals surface area contributed by atoms with Crippen molar-refractivity contribution in [2.24, 2.45) is 5.41 Å². The molecule has 0 saturated carbocycles. The zero-order valence-electron chi connectivity index (χ0n) is 12.1. The highest BCUT2D eigenvalue weighted by molar-refractivity contribution is 8.07. The molecule has 0 N–H and O–H groups in total. The zero-order valence-corrected chi connectivity index (χ0v) is 13.0. The fraction of sp³-hybridized carbons (Fsp3) is 0.571. The Morgan fingerprint density at radius 3 is 1.72 bits per heavy atom. The highest BCUT2D eigenvalue weighted by Gasteiger charge is 2.41. The molecule has 0 aliphatic rings. The molecule has 0 aliphatic heterocycles. The molecule has 0 fully saturated rings. The molecule has 0 aromatic carbocycles. The zero-order chi connectivity index (χ0) is 14.7. The number of Topliss-reactive ketones (excluding diaryl/α,β-unsaturated/α-hetero) is 2. The summed E-state index contributed by atoms with van der Waals surface area (Å²) >= 11 is 4.27. The van der Waals surface area contributed by atoms with E-state index in [0.717, 1.165) is 0 Å². The van der Waals surface area contributed by atoms with Crippen molar-refractivity contribution in [2.75, 3.05) is 0 Å². The molecular formula is C14H23BO2S. The van der Waals surface area contributed by atoms with Crippen molar-refractivity contribution < 1.29 is 9.59 Å². The number of carbonyl (C=O) groups is 2. The molecular weight excluding hydrogens is 243 g/mol. The van der Waals surface area contributed by atoms with Gasteiger partial charge in [-0.3, -0.25) is 9.59 Å². The minimum atomic E-state index is -0.663. The molecule has 0 amide bonds. The van der Waals surface area contributed by atoms with Crippen LogP contribution in [0.25, 0.3) is 0 Å². The van der Waals surface area contributed by atoms with Crippen LogP contribution in [0.5, 0.6) is 0 Å². The van der Waals surface area contributed by atoms with E-state index in [1.807, 2.05) is 20.8 Å². The minimum Gasteiger partial charge on any atom is -0.295 e. The second-order valence-corrected chi connectivity index (χ2v) is 6.31. The van der Waals surface area contributed by atoms with E-state index in [0.29, 0.717) is 24.1 Å². The van der Waals surface area contributed by atoms with Gasteiger partial charge in [-0.05, 0) is 31.4 Å². The van der Waals surface area contributed by atoms with Crippen molar-refractivity contribution in [1.82, 2.24) is 0 Å². The van der Waals surface area contributed by atoms with Crippen LogP contribution in [-0.4, -0.2) is 18.1 Å². The first-order valence-corrected chi connectivity index (χ1v) is 6.62. The fourth-order valence-electron chi connectivity index (χ4n) is 2.36. The van der Waals surface area contributed by atoms with Gasteiger partial charge in [0.15, 0.2) is 11.6 Å². The molecule has 0 spiro atoms. The van der Waals surface area contributed by atoms with Gasteiger partial charge in [0, 0.05) is 10.7 Å². The smallest absolute Gasteiger partial charge is 0.202 e. The standard InChI is InChI=1S/C14H23BO2S/c1-9(2)11(16)13(5,6)8-14(7,15-18)12(17)10(3)4/h15,18H,1,3,8H2,2,4-7H3. The molecule has 0 aromatic rings. The first-order chi connectivity index (χ1) is 7.98. The number of thiol groups is 1. The van der Waals surface area contributed by atoms with Gasteiger partial charge in [0.05, 0.1) is 0 Å². The highest BCUT2D eigenvalue weighted by Crippen LogP contribution is 2.43. The van der Waals surface area contributed by atoms with Crippen LogP contribution in [0.1, 0.15) is 41.0 Å². The lowest BCUT2D eigenvalue weighted by atomic mass is 9.57. The highest BCUT2D eigenvalue weighted by atomic mass is 32.1. The van der Waals surface area contributed by atoms with Gasteiger partial charge in [0.1, 0.15) is 0 Å². The van der Waals surface area contributed by atoms with E-state index in [1.165, 1.54) is 0 Å². The third kappa shape index (κ3) is 3.87. The number of hydrogen-bond donors (Lipinski definition) is 1. The number of allylic oxidation sites excluding steroid dienone is 2. The molecule has 0 bridgehead atoms.